The van der Waals surface area contributed by atoms with Gasteiger partial charge in [0.25, 0.3) is 5.91 Å². The van der Waals surface area contributed by atoms with E-state index in [4.69, 9.17) is 27.9 Å². The largest absolute Gasteiger partial charge is 0.484 e. The molecule has 1 saturated carbocycles. The molecule has 1 aromatic heterocycles. The summed E-state index contributed by atoms with van der Waals surface area (Å²) in [5, 5.41) is 10.3. The number of carbonyl (C=O) groups excluding carboxylic acids is 1. The molecule has 0 saturated heterocycles. The highest BCUT2D eigenvalue weighted by atomic mass is 35.5. The predicted molar refractivity (Wildman–Crippen MR) is 116 cm³/mol. The second kappa shape index (κ2) is 9.98. The SMILES string of the molecule is CNc1nc(NC2CCC(NC(=O)COc3ccc(Cl)c(Cl)c3)CC2)ncc1C. The summed E-state index contributed by atoms with van der Waals surface area (Å²) in [5.74, 6) is 1.82. The van der Waals surface area contributed by atoms with Gasteiger partial charge in [-0.1, -0.05) is 23.2 Å². The Morgan fingerprint density at radius 1 is 1.17 bits per heavy atom. The Kier molecular flexibility index (Phi) is 7.39. The topological polar surface area (TPSA) is 88.2 Å². The zero-order chi connectivity index (χ0) is 20.8. The summed E-state index contributed by atoms with van der Waals surface area (Å²) >= 11 is 11.8. The molecule has 7 nitrogen and oxygen atoms in total. The van der Waals surface area contributed by atoms with Crippen molar-refractivity contribution in [3.05, 3.63) is 40.0 Å². The third-order valence-electron chi connectivity index (χ3n) is 4.90. The van der Waals surface area contributed by atoms with E-state index in [0.29, 0.717) is 27.8 Å². The minimum atomic E-state index is -0.145. The zero-order valence-electron chi connectivity index (χ0n) is 16.5. The standard InChI is InChI=1S/C20H25Cl2N5O2/c1-12-10-24-20(27-19(12)23-2)26-14-5-3-13(4-6-14)25-18(28)11-29-15-7-8-16(21)17(22)9-15/h7-10,13-14H,3-6,11H2,1-2H3,(H,25,28)(H2,23,24,26,27). The van der Waals surface area contributed by atoms with Crippen molar-refractivity contribution >= 4 is 40.9 Å². The van der Waals surface area contributed by atoms with Crippen LogP contribution in [-0.2, 0) is 4.79 Å². The average Bonchev–Trinajstić information content (AvgIpc) is 2.72. The van der Waals surface area contributed by atoms with Gasteiger partial charge < -0.3 is 20.7 Å². The van der Waals surface area contributed by atoms with E-state index < -0.39 is 0 Å². The van der Waals surface area contributed by atoms with Crippen molar-refractivity contribution in [3.8, 4) is 5.75 Å². The first-order valence-electron chi connectivity index (χ1n) is 9.59. The molecule has 156 valence electrons. The molecule has 1 amide bonds. The fourth-order valence-corrected chi connectivity index (χ4v) is 3.60. The molecule has 0 radical (unpaired) electrons. The first kappa shape index (κ1) is 21.5. The molecular formula is C20H25Cl2N5O2. The molecule has 0 atom stereocenters. The molecule has 0 bridgehead atoms. The van der Waals surface area contributed by atoms with Gasteiger partial charge in [-0.15, -0.1) is 0 Å². The number of halogens is 2. The van der Waals surface area contributed by atoms with Gasteiger partial charge in [0.2, 0.25) is 5.95 Å². The quantitative estimate of drug-likeness (QED) is 0.605. The third-order valence-corrected chi connectivity index (χ3v) is 5.63. The Labute approximate surface area is 180 Å². The van der Waals surface area contributed by atoms with Crippen LogP contribution in [0.2, 0.25) is 10.0 Å². The number of carbonyl (C=O) groups is 1. The molecule has 1 fully saturated rings. The molecule has 1 aliphatic carbocycles. The number of ether oxygens (including phenoxy) is 1. The minimum Gasteiger partial charge on any atom is -0.484 e. The van der Waals surface area contributed by atoms with Gasteiger partial charge in [-0.05, 0) is 44.7 Å². The number of hydrogen-bond acceptors (Lipinski definition) is 6. The Morgan fingerprint density at radius 2 is 1.90 bits per heavy atom. The van der Waals surface area contributed by atoms with Gasteiger partial charge in [0.05, 0.1) is 10.0 Å². The molecule has 1 aliphatic rings. The number of rotatable bonds is 7. The van der Waals surface area contributed by atoms with Crippen LogP contribution in [-0.4, -0.2) is 41.6 Å². The zero-order valence-corrected chi connectivity index (χ0v) is 18.0. The van der Waals surface area contributed by atoms with E-state index in [9.17, 15) is 4.79 Å². The monoisotopic (exact) mass is 437 g/mol. The van der Waals surface area contributed by atoms with E-state index in [1.165, 1.54) is 0 Å². The Balaban J connectivity index is 1.41. The van der Waals surface area contributed by atoms with Crippen molar-refractivity contribution < 1.29 is 9.53 Å². The van der Waals surface area contributed by atoms with Gasteiger partial charge in [0.15, 0.2) is 6.61 Å². The number of aromatic nitrogens is 2. The number of hydrogen-bond donors (Lipinski definition) is 3. The molecule has 3 rings (SSSR count). The molecule has 9 heteroatoms. The highest BCUT2D eigenvalue weighted by molar-refractivity contribution is 6.42. The average molecular weight is 438 g/mol. The second-order valence-electron chi connectivity index (χ2n) is 7.10. The number of anilines is 2. The van der Waals surface area contributed by atoms with Crippen LogP contribution in [0.15, 0.2) is 24.4 Å². The first-order valence-corrected chi connectivity index (χ1v) is 10.4. The van der Waals surface area contributed by atoms with Crippen LogP contribution in [0.25, 0.3) is 0 Å². The molecule has 1 heterocycles. The summed E-state index contributed by atoms with van der Waals surface area (Å²) in [6, 6.07) is 5.36. The van der Waals surface area contributed by atoms with E-state index in [-0.39, 0.29) is 18.6 Å². The van der Waals surface area contributed by atoms with Crippen LogP contribution in [0.3, 0.4) is 0 Å². The molecule has 0 unspecified atom stereocenters. The maximum atomic E-state index is 12.2. The van der Waals surface area contributed by atoms with Crippen LogP contribution >= 0.6 is 23.2 Å². The lowest BCUT2D eigenvalue weighted by atomic mass is 9.91. The van der Waals surface area contributed by atoms with Crippen molar-refractivity contribution in [1.29, 1.82) is 0 Å². The fourth-order valence-electron chi connectivity index (χ4n) is 3.31. The van der Waals surface area contributed by atoms with Crippen molar-refractivity contribution in [3.63, 3.8) is 0 Å². The summed E-state index contributed by atoms with van der Waals surface area (Å²) in [4.78, 5) is 21.0. The second-order valence-corrected chi connectivity index (χ2v) is 7.91. The van der Waals surface area contributed by atoms with E-state index in [1.54, 1.807) is 24.4 Å². The molecule has 3 N–H and O–H groups in total. The van der Waals surface area contributed by atoms with E-state index in [0.717, 1.165) is 37.1 Å². The smallest absolute Gasteiger partial charge is 0.258 e. The van der Waals surface area contributed by atoms with Gasteiger partial charge in [0, 0.05) is 37.0 Å². The van der Waals surface area contributed by atoms with Gasteiger partial charge in [-0.25, -0.2) is 4.98 Å². The minimum absolute atomic E-state index is 0.0554. The molecule has 2 aromatic rings. The fraction of sp³-hybridized carbons (Fsp3) is 0.450. The summed E-state index contributed by atoms with van der Waals surface area (Å²) in [5.41, 5.74) is 1.01. The van der Waals surface area contributed by atoms with Crippen molar-refractivity contribution in [2.45, 2.75) is 44.7 Å². The van der Waals surface area contributed by atoms with Gasteiger partial charge in [0.1, 0.15) is 11.6 Å². The van der Waals surface area contributed by atoms with Crippen LogP contribution < -0.4 is 20.7 Å². The Bertz CT molecular complexity index is 857. The summed E-state index contributed by atoms with van der Waals surface area (Å²) in [6.45, 7) is 1.91. The highest BCUT2D eigenvalue weighted by Gasteiger charge is 2.23. The lowest BCUT2D eigenvalue weighted by molar-refractivity contribution is -0.124. The maximum Gasteiger partial charge on any atom is 0.258 e. The number of amides is 1. The van der Waals surface area contributed by atoms with Crippen LogP contribution in [0, 0.1) is 6.92 Å². The van der Waals surface area contributed by atoms with Gasteiger partial charge in [-0.2, -0.15) is 4.98 Å². The molecule has 1 aromatic carbocycles. The van der Waals surface area contributed by atoms with Crippen molar-refractivity contribution in [2.75, 3.05) is 24.3 Å². The van der Waals surface area contributed by atoms with Gasteiger partial charge in [-0.3, -0.25) is 4.79 Å². The first-order chi connectivity index (χ1) is 13.9. The van der Waals surface area contributed by atoms with E-state index in [2.05, 4.69) is 25.9 Å². The lowest BCUT2D eigenvalue weighted by Crippen LogP contribution is -2.42. The number of nitrogens with zero attached hydrogens (tertiary/aromatic N) is 2. The molecular weight excluding hydrogens is 413 g/mol. The summed E-state index contributed by atoms with van der Waals surface area (Å²) in [7, 11) is 1.85. The van der Waals surface area contributed by atoms with Gasteiger partial charge >= 0.3 is 0 Å². The summed E-state index contributed by atoms with van der Waals surface area (Å²) < 4.78 is 5.49. The molecule has 29 heavy (non-hydrogen) atoms. The Hall–Kier alpha value is -2.25. The van der Waals surface area contributed by atoms with Crippen LogP contribution in [0.1, 0.15) is 31.2 Å². The normalized spacial score (nSPS) is 18.8. The third kappa shape index (κ3) is 6.11. The van der Waals surface area contributed by atoms with Crippen LogP contribution in [0.5, 0.6) is 5.75 Å². The molecule has 0 spiro atoms. The lowest BCUT2D eigenvalue weighted by Gasteiger charge is -2.29. The molecule has 0 aliphatic heterocycles. The number of aryl methyl sites for hydroxylation is 1. The maximum absolute atomic E-state index is 12.2. The van der Waals surface area contributed by atoms with Crippen molar-refractivity contribution in [1.82, 2.24) is 15.3 Å². The number of nitrogens with one attached hydrogen (secondary N) is 3. The summed E-state index contributed by atoms with van der Waals surface area (Å²) in [6.07, 6.45) is 5.46. The Morgan fingerprint density at radius 3 is 2.59 bits per heavy atom. The van der Waals surface area contributed by atoms with E-state index in [1.807, 2.05) is 14.0 Å². The van der Waals surface area contributed by atoms with E-state index >= 15 is 0 Å². The highest BCUT2D eigenvalue weighted by Crippen LogP contribution is 2.26. The van der Waals surface area contributed by atoms with Crippen molar-refractivity contribution in [2.24, 2.45) is 0 Å². The van der Waals surface area contributed by atoms with Crippen LogP contribution in [0.4, 0.5) is 11.8 Å². The predicted octanol–water partition coefficient (Wildman–Crippen LogP) is 4.05. The number of benzene rings is 1.